The summed E-state index contributed by atoms with van der Waals surface area (Å²) < 4.78 is 27.0. The molecule has 0 fully saturated rings. The molecule has 0 aliphatic heterocycles. The zero-order chi connectivity index (χ0) is 12.2. The third-order valence-electron chi connectivity index (χ3n) is 2.45. The zero-order valence-electron chi connectivity index (χ0n) is 9.76. The monoisotopic (exact) mass is 248 g/mol. The van der Waals surface area contributed by atoms with Gasteiger partial charge in [-0.15, -0.1) is 0 Å². The van der Waals surface area contributed by atoms with Crippen LogP contribution < -0.4 is 0 Å². The number of carbonyl (C=O) groups excluding carboxylic acids is 1. The molecule has 0 radical (unpaired) electrons. The Morgan fingerprint density at radius 1 is 1.44 bits per heavy atom. The van der Waals surface area contributed by atoms with E-state index in [0.29, 0.717) is 11.7 Å². The Labute approximate surface area is 95.3 Å². The number of ether oxygens (including phenoxy) is 1. The minimum atomic E-state index is -3.17. The van der Waals surface area contributed by atoms with Gasteiger partial charge in [0.15, 0.2) is 0 Å². The maximum atomic E-state index is 12.1. The van der Waals surface area contributed by atoms with Crippen LogP contribution in [0.4, 0.5) is 0 Å². The second-order valence-electron chi connectivity index (χ2n) is 3.56. The highest BCUT2D eigenvalue weighted by Gasteiger charge is 2.31. The lowest BCUT2D eigenvalue weighted by Gasteiger charge is -2.24. The fraction of sp³-hybridized carbons (Fsp3) is 0.700. The summed E-state index contributed by atoms with van der Waals surface area (Å²) in [6.45, 7) is 1.36. The molecule has 0 spiro atoms. The molecular weight excluding hydrogens is 231 g/mol. The van der Waals surface area contributed by atoms with Crippen molar-refractivity contribution in [3.63, 3.8) is 0 Å². The van der Waals surface area contributed by atoms with Gasteiger partial charge in [-0.05, 0) is 25.3 Å². The first-order valence-corrected chi connectivity index (χ1v) is 6.66. The topological polar surface area (TPSA) is 61.8 Å². The van der Waals surface area contributed by atoms with Crippen molar-refractivity contribution in [1.29, 1.82) is 0 Å². The average molecular weight is 248 g/mol. The maximum absolute atomic E-state index is 12.1. The molecule has 0 saturated carbocycles. The highest BCUT2D eigenvalue weighted by molar-refractivity contribution is 7.58. The van der Waals surface area contributed by atoms with Gasteiger partial charge in [0.05, 0.1) is 0 Å². The summed E-state index contributed by atoms with van der Waals surface area (Å²) in [7, 11) is -0.472. The Morgan fingerprint density at radius 3 is 2.56 bits per heavy atom. The van der Waals surface area contributed by atoms with Crippen LogP contribution >= 0.6 is 7.60 Å². The molecule has 1 unspecified atom stereocenters. The molecule has 0 amide bonds. The third-order valence-corrected chi connectivity index (χ3v) is 4.49. The number of hydrogen-bond acceptors (Lipinski definition) is 5. The van der Waals surface area contributed by atoms with Gasteiger partial charge >= 0.3 is 13.6 Å². The minimum absolute atomic E-state index is 0.320. The van der Waals surface area contributed by atoms with E-state index in [4.69, 9.17) is 13.8 Å². The van der Waals surface area contributed by atoms with E-state index in [2.05, 4.69) is 0 Å². The zero-order valence-corrected chi connectivity index (χ0v) is 10.7. The van der Waals surface area contributed by atoms with E-state index in [1.165, 1.54) is 21.1 Å². The molecule has 5 nitrogen and oxygen atoms in total. The van der Waals surface area contributed by atoms with Crippen molar-refractivity contribution in [2.45, 2.75) is 32.3 Å². The Kier molecular flexibility index (Phi) is 4.71. The van der Waals surface area contributed by atoms with Gasteiger partial charge in [0.2, 0.25) is 0 Å². The van der Waals surface area contributed by atoms with Gasteiger partial charge in [-0.1, -0.05) is 0 Å². The molecule has 0 aromatic carbocycles. The van der Waals surface area contributed by atoms with Gasteiger partial charge in [-0.3, -0.25) is 9.36 Å². The largest absolute Gasteiger partial charge is 0.458 e. The lowest BCUT2D eigenvalue weighted by Crippen LogP contribution is -2.17. The van der Waals surface area contributed by atoms with Gasteiger partial charge in [-0.25, -0.2) is 0 Å². The molecule has 1 rings (SSSR count). The van der Waals surface area contributed by atoms with E-state index in [0.717, 1.165) is 12.8 Å². The second-order valence-corrected chi connectivity index (χ2v) is 5.86. The molecule has 6 heteroatoms. The van der Waals surface area contributed by atoms with Crippen molar-refractivity contribution in [3.05, 3.63) is 11.4 Å². The number of esters is 1. The van der Waals surface area contributed by atoms with E-state index in [1.807, 2.05) is 0 Å². The maximum Gasteiger partial charge on any atom is 0.356 e. The molecule has 0 heterocycles. The van der Waals surface area contributed by atoms with Gasteiger partial charge < -0.3 is 13.8 Å². The van der Waals surface area contributed by atoms with E-state index < -0.39 is 7.60 Å². The minimum Gasteiger partial charge on any atom is -0.458 e. The molecule has 1 aliphatic rings. The van der Waals surface area contributed by atoms with Gasteiger partial charge in [0.25, 0.3) is 0 Å². The van der Waals surface area contributed by atoms with E-state index in [1.54, 1.807) is 6.08 Å². The van der Waals surface area contributed by atoms with Gasteiger partial charge in [0.1, 0.15) is 6.10 Å². The first kappa shape index (κ1) is 13.4. The quantitative estimate of drug-likeness (QED) is 0.565. The summed E-state index contributed by atoms with van der Waals surface area (Å²) in [5, 5.41) is 0.593. The molecule has 0 aromatic rings. The Bertz CT molecular complexity index is 328. The fourth-order valence-electron chi connectivity index (χ4n) is 1.71. The van der Waals surface area contributed by atoms with Crippen molar-refractivity contribution >= 4 is 13.6 Å². The lowest BCUT2D eigenvalue weighted by molar-refractivity contribution is -0.144. The third kappa shape index (κ3) is 3.17. The first-order chi connectivity index (χ1) is 7.51. The highest BCUT2D eigenvalue weighted by Crippen LogP contribution is 2.57. The molecule has 0 bridgehead atoms. The summed E-state index contributed by atoms with van der Waals surface area (Å²) in [6, 6.07) is 0. The summed E-state index contributed by atoms with van der Waals surface area (Å²) in [5.41, 5.74) is 0. The molecule has 0 saturated heterocycles. The van der Waals surface area contributed by atoms with Crippen molar-refractivity contribution in [2.24, 2.45) is 0 Å². The van der Waals surface area contributed by atoms with Crippen LogP contribution in [0.1, 0.15) is 26.2 Å². The first-order valence-electron chi connectivity index (χ1n) is 5.12. The molecule has 0 N–H and O–H groups in total. The van der Waals surface area contributed by atoms with Gasteiger partial charge in [0, 0.05) is 26.5 Å². The normalized spacial score (nSPS) is 21.4. The Morgan fingerprint density at radius 2 is 2.06 bits per heavy atom. The number of hydrogen-bond donors (Lipinski definition) is 0. The SMILES string of the molecule is COP(=O)(OC)C1=CC(OC(C)=O)CCC1. The Hall–Kier alpha value is -0.640. The molecular formula is C10H17O5P. The fourth-order valence-corrected chi connectivity index (χ4v) is 3.11. The predicted molar refractivity (Wildman–Crippen MR) is 59.1 cm³/mol. The molecule has 16 heavy (non-hydrogen) atoms. The van der Waals surface area contributed by atoms with Crippen LogP contribution in [0, 0.1) is 0 Å². The number of rotatable bonds is 4. The van der Waals surface area contributed by atoms with E-state index in [-0.39, 0.29) is 12.1 Å². The lowest BCUT2D eigenvalue weighted by atomic mass is 10.1. The standard InChI is InChI=1S/C10H17O5P/c1-8(11)15-9-5-4-6-10(7-9)16(12,13-2)14-3/h7,9H,4-6H2,1-3H3. The summed E-state index contributed by atoms with van der Waals surface area (Å²) in [4.78, 5) is 10.8. The van der Waals surface area contributed by atoms with Crippen LogP contribution in [0.5, 0.6) is 0 Å². The Balaban J connectivity index is 2.83. The summed E-state index contributed by atoms with van der Waals surface area (Å²) in [6.07, 6.45) is 3.56. The van der Waals surface area contributed by atoms with E-state index >= 15 is 0 Å². The van der Waals surface area contributed by atoms with Crippen molar-refractivity contribution in [3.8, 4) is 0 Å². The van der Waals surface area contributed by atoms with Crippen molar-refractivity contribution < 1.29 is 23.1 Å². The summed E-state index contributed by atoms with van der Waals surface area (Å²) in [5.74, 6) is -0.341. The highest BCUT2D eigenvalue weighted by atomic mass is 31.2. The average Bonchev–Trinajstić information content (AvgIpc) is 2.27. The second kappa shape index (κ2) is 5.62. The van der Waals surface area contributed by atoms with Crippen LogP contribution in [-0.4, -0.2) is 26.3 Å². The van der Waals surface area contributed by atoms with Crippen molar-refractivity contribution in [2.75, 3.05) is 14.2 Å². The van der Waals surface area contributed by atoms with Crippen LogP contribution in [0.2, 0.25) is 0 Å². The molecule has 1 atom stereocenters. The van der Waals surface area contributed by atoms with Crippen LogP contribution in [0.25, 0.3) is 0 Å². The van der Waals surface area contributed by atoms with Crippen LogP contribution in [-0.2, 0) is 23.1 Å². The molecule has 92 valence electrons. The number of allylic oxidation sites excluding steroid dienone is 1. The smallest absolute Gasteiger partial charge is 0.356 e. The van der Waals surface area contributed by atoms with E-state index in [9.17, 15) is 9.36 Å². The molecule has 0 aromatic heterocycles. The predicted octanol–water partition coefficient (Wildman–Crippen LogP) is 2.47. The van der Waals surface area contributed by atoms with Crippen LogP contribution in [0.3, 0.4) is 0 Å². The molecule has 1 aliphatic carbocycles. The van der Waals surface area contributed by atoms with Gasteiger partial charge in [-0.2, -0.15) is 0 Å². The van der Waals surface area contributed by atoms with Crippen molar-refractivity contribution in [1.82, 2.24) is 0 Å². The summed E-state index contributed by atoms with van der Waals surface area (Å²) >= 11 is 0. The number of carbonyl (C=O) groups is 1. The van der Waals surface area contributed by atoms with Crippen LogP contribution in [0.15, 0.2) is 11.4 Å².